The van der Waals surface area contributed by atoms with Crippen molar-refractivity contribution < 1.29 is 45.4 Å². The molecule has 1 heterocycles. The molecule has 0 saturated heterocycles. The van der Waals surface area contributed by atoms with Crippen LogP contribution in [0.25, 0.3) is 22.1 Å². The van der Waals surface area contributed by atoms with Gasteiger partial charge in [0.05, 0.1) is 18.1 Å². The fraction of sp³-hybridized carbons (Fsp3) is 0.120. The quantitative estimate of drug-likeness (QED) is 0.114. The maximum Gasteiger partial charge on any atom is 0.349 e. The Bertz CT molecular complexity index is 1530. The molecule has 0 amide bonds. The van der Waals surface area contributed by atoms with Crippen molar-refractivity contribution in [1.82, 2.24) is 0 Å². The molecule has 11 heteroatoms. The molecule has 1 aromatic heterocycles. The molecule has 3 aromatic carbocycles. The van der Waals surface area contributed by atoms with Gasteiger partial charge in [-0.05, 0) is 25.1 Å². The second-order valence-corrected chi connectivity index (χ2v) is 7.38. The molecule has 0 aliphatic rings. The van der Waals surface area contributed by atoms with Gasteiger partial charge in [0.25, 0.3) is 0 Å². The van der Waals surface area contributed by atoms with E-state index in [9.17, 15) is 31.5 Å². The minimum Gasteiger partial charge on any atom is -0.496 e. The summed E-state index contributed by atoms with van der Waals surface area (Å²) < 4.78 is 87.5. The van der Waals surface area contributed by atoms with Gasteiger partial charge < -0.3 is 18.6 Å². The molecule has 0 spiro atoms. The van der Waals surface area contributed by atoms with Gasteiger partial charge in [-0.2, -0.15) is 8.78 Å². The van der Waals surface area contributed by atoms with Crippen LogP contribution in [0.3, 0.4) is 0 Å². The molecule has 36 heavy (non-hydrogen) atoms. The Balaban J connectivity index is 1.58. The maximum atomic E-state index is 13.7. The molecule has 186 valence electrons. The third-order valence-electron chi connectivity index (χ3n) is 5.15. The van der Waals surface area contributed by atoms with E-state index in [2.05, 4.69) is 4.74 Å². The van der Waals surface area contributed by atoms with Crippen LogP contribution in [0.4, 0.5) is 22.0 Å². The minimum atomic E-state index is -2.36. The van der Waals surface area contributed by atoms with E-state index in [0.29, 0.717) is 11.3 Å². The van der Waals surface area contributed by atoms with E-state index in [0.717, 1.165) is 0 Å². The molecule has 4 aromatic rings. The highest BCUT2D eigenvalue weighted by atomic mass is 19.2. The van der Waals surface area contributed by atoms with Gasteiger partial charge in [-0.25, -0.2) is 18.0 Å². The van der Waals surface area contributed by atoms with Gasteiger partial charge in [-0.15, -0.1) is 0 Å². The van der Waals surface area contributed by atoms with Gasteiger partial charge in [0.15, 0.2) is 12.4 Å². The average molecular weight is 506 g/mol. The number of methoxy groups -OCH3 is 1. The van der Waals surface area contributed by atoms with Crippen LogP contribution >= 0.6 is 0 Å². The predicted molar refractivity (Wildman–Crippen MR) is 117 cm³/mol. The van der Waals surface area contributed by atoms with Gasteiger partial charge in [-0.1, -0.05) is 18.2 Å². The number of fused-ring (bicyclic) bond motifs is 1. The first kappa shape index (κ1) is 24.7. The van der Waals surface area contributed by atoms with E-state index in [1.54, 1.807) is 31.2 Å². The van der Waals surface area contributed by atoms with Crippen molar-refractivity contribution in [3.63, 3.8) is 0 Å². The van der Waals surface area contributed by atoms with Crippen LogP contribution < -0.4 is 19.6 Å². The van der Waals surface area contributed by atoms with Gasteiger partial charge in [0, 0.05) is 11.6 Å². The Labute approximate surface area is 199 Å². The molecule has 4 rings (SSSR count). The van der Waals surface area contributed by atoms with E-state index in [1.807, 2.05) is 0 Å². The summed E-state index contributed by atoms with van der Waals surface area (Å²) in [7, 11) is 1.47. The van der Waals surface area contributed by atoms with Crippen molar-refractivity contribution >= 4 is 16.9 Å². The van der Waals surface area contributed by atoms with Crippen LogP contribution in [-0.4, -0.2) is 19.7 Å². The molecular weight excluding hydrogens is 491 g/mol. The number of carbonyl (C=O) groups is 1. The zero-order valence-electron chi connectivity index (χ0n) is 18.6. The molecule has 0 bridgehead atoms. The number of hydrogen-bond acceptors (Lipinski definition) is 6. The topological polar surface area (TPSA) is 75.0 Å². The zero-order valence-corrected chi connectivity index (χ0v) is 18.6. The molecule has 0 radical (unpaired) electrons. The Hall–Kier alpha value is -4.41. The van der Waals surface area contributed by atoms with Crippen molar-refractivity contribution in [3.05, 3.63) is 87.5 Å². The lowest BCUT2D eigenvalue weighted by molar-refractivity contribution is -0.136. The Morgan fingerprint density at radius 2 is 1.56 bits per heavy atom. The molecule has 6 nitrogen and oxygen atoms in total. The van der Waals surface area contributed by atoms with Gasteiger partial charge in [0.1, 0.15) is 22.8 Å². The summed E-state index contributed by atoms with van der Waals surface area (Å²) in [5, 5.41) is 0.166. The van der Waals surface area contributed by atoms with Crippen molar-refractivity contribution in [2.45, 2.75) is 6.92 Å². The zero-order chi connectivity index (χ0) is 26.1. The van der Waals surface area contributed by atoms with Gasteiger partial charge in [0.2, 0.25) is 34.5 Å². The lowest BCUT2D eigenvalue weighted by atomic mass is 10.0. The SMILES string of the molecule is COc1ccccc1-c1c(C)oc2cc(OC(=O)COc3c(F)c(F)c(F)c(F)c3F)ccc2c1=O. The molecule has 0 unspecified atom stereocenters. The molecule has 0 saturated carbocycles. The summed E-state index contributed by atoms with van der Waals surface area (Å²) >= 11 is 0. The van der Waals surface area contributed by atoms with Crippen molar-refractivity contribution in [2.75, 3.05) is 13.7 Å². The molecular formula is C25H15F5O6. The van der Waals surface area contributed by atoms with Crippen LogP contribution in [0.5, 0.6) is 17.2 Å². The first-order valence-electron chi connectivity index (χ1n) is 10.2. The van der Waals surface area contributed by atoms with Crippen molar-refractivity contribution in [2.24, 2.45) is 0 Å². The summed E-state index contributed by atoms with van der Waals surface area (Å²) in [5.74, 6) is -13.5. The summed E-state index contributed by atoms with van der Waals surface area (Å²) in [4.78, 5) is 25.2. The summed E-state index contributed by atoms with van der Waals surface area (Å²) in [6.07, 6.45) is 0. The predicted octanol–water partition coefficient (Wildman–Crippen LogP) is 5.46. The largest absolute Gasteiger partial charge is 0.496 e. The van der Waals surface area contributed by atoms with E-state index >= 15 is 0 Å². The number of ether oxygens (including phenoxy) is 3. The van der Waals surface area contributed by atoms with E-state index in [1.165, 1.54) is 25.3 Å². The molecule has 0 aliphatic heterocycles. The summed E-state index contributed by atoms with van der Waals surface area (Å²) in [6.45, 7) is 0.394. The lowest BCUT2D eigenvalue weighted by Crippen LogP contribution is -2.19. The van der Waals surface area contributed by atoms with Crippen LogP contribution in [0, 0.1) is 36.0 Å². The number of para-hydroxylation sites is 1. The molecule has 0 atom stereocenters. The normalized spacial score (nSPS) is 11.0. The highest BCUT2D eigenvalue weighted by Crippen LogP contribution is 2.32. The number of rotatable bonds is 6. The molecule has 0 N–H and O–H groups in total. The first-order valence-corrected chi connectivity index (χ1v) is 10.2. The number of aryl methyl sites for hydroxylation is 1. The van der Waals surface area contributed by atoms with Crippen LogP contribution in [0.15, 0.2) is 51.7 Å². The smallest absolute Gasteiger partial charge is 0.349 e. The second kappa shape index (κ2) is 9.68. The van der Waals surface area contributed by atoms with Crippen molar-refractivity contribution in [3.8, 4) is 28.4 Å². The van der Waals surface area contributed by atoms with E-state index in [4.69, 9.17) is 13.9 Å². The summed E-state index contributed by atoms with van der Waals surface area (Å²) in [6, 6.07) is 10.7. The highest BCUT2D eigenvalue weighted by Gasteiger charge is 2.27. The van der Waals surface area contributed by atoms with E-state index in [-0.39, 0.29) is 33.5 Å². The maximum absolute atomic E-state index is 13.7. The number of benzene rings is 3. The summed E-state index contributed by atoms with van der Waals surface area (Å²) in [5.41, 5.74) is 0.503. The third kappa shape index (κ3) is 4.35. The minimum absolute atomic E-state index is 0.0714. The van der Waals surface area contributed by atoms with Gasteiger partial charge in [-0.3, -0.25) is 4.79 Å². The Kier molecular flexibility index (Phi) is 6.65. The monoisotopic (exact) mass is 506 g/mol. The number of carbonyl (C=O) groups excluding carboxylic acids is 1. The van der Waals surface area contributed by atoms with Gasteiger partial charge >= 0.3 is 5.97 Å². The fourth-order valence-electron chi connectivity index (χ4n) is 3.52. The Morgan fingerprint density at radius 3 is 2.22 bits per heavy atom. The van der Waals surface area contributed by atoms with Crippen molar-refractivity contribution in [1.29, 1.82) is 0 Å². The number of hydrogen-bond donors (Lipinski definition) is 0. The molecule has 0 fully saturated rings. The van der Waals surface area contributed by atoms with Crippen LogP contribution in [0.2, 0.25) is 0 Å². The van der Waals surface area contributed by atoms with Crippen LogP contribution in [-0.2, 0) is 4.79 Å². The number of esters is 1. The second-order valence-electron chi connectivity index (χ2n) is 7.38. The number of halogens is 5. The Morgan fingerprint density at radius 1 is 0.917 bits per heavy atom. The van der Waals surface area contributed by atoms with Crippen LogP contribution in [0.1, 0.15) is 5.76 Å². The average Bonchev–Trinajstić information content (AvgIpc) is 2.86. The van der Waals surface area contributed by atoms with E-state index < -0.39 is 47.4 Å². The lowest BCUT2D eigenvalue weighted by Gasteiger charge is -2.12. The third-order valence-corrected chi connectivity index (χ3v) is 5.15. The standard InChI is InChI=1S/C25H15F5O6/c1-11-18(13-5-3-4-6-15(13)33-2)24(32)14-8-7-12(9-16(14)35-11)36-17(31)10-34-25-22(29)20(27)19(26)21(28)23(25)30/h3-9H,10H2,1-2H3. The highest BCUT2D eigenvalue weighted by molar-refractivity contribution is 5.86. The fourth-order valence-corrected chi connectivity index (χ4v) is 3.52. The molecule has 0 aliphatic carbocycles. The first-order chi connectivity index (χ1) is 17.1.